The number of aromatic nitrogens is 1. The summed E-state index contributed by atoms with van der Waals surface area (Å²) in [4.78, 5) is 10.9. The summed E-state index contributed by atoms with van der Waals surface area (Å²) in [6.07, 6.45) is -3.24. The summed E-state index contributed by atoms with van der Waals surface area (Å²) in [5.41, 5.74) is 4.82. The monoisotopic (exact) mass is 272 g/mol. The van der Waals surface area contributed by atoms with Crippen molar-refractivity contribution in [2.24, 2.45) is 12.8 Å². The Morgan fingerprint density at radius 3 is 2.58 bits per heavy atom. The highest BCUT2D eigenvalue weighted by Gasteiger charge is 2.35. The number of carbonyl (C=O) groups is 1. The molecule has 0 spiro atoms. The molecular weight excluding hydrogens is 261 g/mol. The first-order chi connectivity index (χ1) is 8.73. The number of hydrogen-bond donors (Lipinski definition) is 2. The van der Waals surface area contributed by atoms with Crippen LogP contribution in [0.15, 0.2) is 24.4 Å². The van der Waals surface area contributed by atoms with Crippen molar-refractivity contribution in [1.82, 2.24) is 4.57 Å². The first-order valence-corrected chi connectivity index (χ1v) is 5.37. The molecule has 102 valence electrons. The number of aliphatic carboxylic acids is 1. The van der Waals surface area contributed by atoms with Crippen molar-refractivity contribution in [3.8, 4) is 0 Å². The molecule has 0 radical (unpaired) electrons. The summed E-state index contributed by atoms with van der Waals surface area (Å²) < 4.78 is 40.4. The average Bonchev–Trinajstić information content (AvgIpc) is 2.64. The van der Waals surface area contributed by atoms with E-state index in [0.717, 1.165) is 6.07 Å². The van der Waals surface area contributed by atoms with E-state index in [-0.39, 0.29) is 10.9 Å². The largest absolute Gasteiger partial charge is 0.480 e. The number of halogens is 3. The van der Waals surface area contributed by atoms with E-state index in [1.165, 1.54) is 22.9 Å². The molecule has 2 aromatic rings. The fourth-order valence-electron chi connectivity index (χ4n) is 2.09. The fourth-order valence-corrected chi connectivity index (χ4v) is 2.09. The zero-order valence-electron chi connectivity index (χ0n) is 9.90. The number of nitrogens with two attached hydrogens (primary N) is 1. The van der Waals surface area contributed by atoms with Crippen molar-refractivity contribution < 1.29 is 23.1 Å². The standard InChI is InChI=1S/C12H11F3N2O2/c1-17-5-6(10(16)11(18)19)9-7(12(13,14)15)3-2-4-8(9)17/h2-5,10H,16H2,1H3,(H,18,19). The summed E-state index contributed by atoms with van der Waals surface area (Å²) >= 11 is 0. The Morgan fingerprint density at radius 2 is 2.05 bits per heavy atom. The van der Waals surface area contributed by atoms with Crippen LogP contribution in [0, 0.1) is 0 Å². The van der Waals surface area contributed by atoms with Gasteiger partial charge in [-0.15, -0.1) is 0 Å². The predicted octanol–water partition coefficient (Wildman–Crippen LogP) is 2.28. The van der Waals surface area contributed by atoms with E-state index in [1.807, 2.05) is 0 Å². The zero-order chi connectivity index (χ0) is 14.4. The molecule has 19 heavy (non-hydrogen) atoms. The van der Waals surface area contributed by atoms with E-state index in [1.54, 1.807) is 7.05 Å². The van der Waals surface area contributed by atoms with Crippen molar-refractivity contribution in [1.29, 1.82) is 0 Å². The fraction of sp³-hybridized carbons (Fsp3) is 0.250. The van der Waals surface area contributed by atoms with Crippen molar-refractivity contribution in [3.05, 3.63) is 35.5 Å². The summed E-state index contributed by atoms with van der Waals surface area (Å²) in [7, 11) is 1.54. The van der Waals surface area contributed by atoms with E-state index >= 15 is 0 Å². The molecule has 1 unspecified atom stereocenters. The molecule has 0 saturated heterocycles. The number of nitrogens with zero attached hydrogens (tertiary/aromatic N) is 1. The highest BCUT2D eigenvalue weighted by molar-refractivity contribution is 5.92. The molecule has 0 fully saturated rings. The van der Waals surface area contributed by atoms with Gasteiger partial charge in [-0.1, -0.05) is 6.07 Å². The summed E-state index contributed by atoms with van der Waals surface area (Å²) in [5.74, 6) is -1.37. The van der Waals surface area contributed by atoms with Crippen LogP contribution < -0.4 is 5.73 Å². The van der Waals surface area contributed by atoms with Gasteiger partial charge < -0.3 is 15.4 Å². The molecule has 0 saturated carbocycles. The number of carboxylic acid groups (broad SMARTS) is 1. The Labute approximate surface area is 106 Å². The smallest absolute Gasteiger partial charge is 0.417 e. The van der Waals surface area contributed by atoms with Crippen LogP contribution in [0.5, 0.6) is 0 Å². The van der Waals surface area contributed by atoms with Crippen LogP contribution in [0.4, 0.5) is 13.2 Å². The van der Waals surface area contributed by atoms with Gasteiger partial charge in [-0.2, -0.15) is 13.2 Å². The second-order valence-electron chi connectivity index (χ2n) is 4.21. The number of alkyl halides is 3. The van der Waals surface area contributed by atoms with Crippen molar-refractivity contribution in [2.45, 2.75) is 12.2 Å². The summed E-state index contributed by atoms with van der Waals surface area (Å²) in [5, 5.41) is 8.72. The molecule has 0 aliphatic carbocycles. The Hall–Kier alpha value is -2.02. The van der Waals surface area contributed by atoms with E-state index in [9.17, 15) is 18.0 Å². The van der Waals surface area contributed by atoms with Crippen LogP contribution in [0.25, 0.3) is 10.9 Å². The number of aryl methyl sites for hydroxylation is 1. The number of hydrogen-bond acceptors (Lipinski definition) is 2. The third-order valence-electron chi connectivity index (χ3n) is 2.95. The molecule has 1 atom stereocenters. The van der Waals surface area contributed by atoms with Gasteiger partial charge >= 0.3 is 12.1 Å². The minimum absolute atomic E-state index is 0.0436. The van der Waals surface area contributed by atoms with Gasteiger partial charge in [0.2, 0.25) is 0 Å². The Balaban J connectivity index is 2.83. The predicted molar refractivity (Wildman–Crippen MR) is 62.5 cm³/mol. The maximum Gasteiger partial charge on any atom is 0.417 e. The molecule has 1 aromatic carbocycles. The van der Waals surface area contributed by atoms with E-state index < -0.39 is 23.8 Å². The number of fused-ring (bicyclic) bond motifs is 1. The molecular formula is C12H11F3N2O2. The number of rotatable bonds is 2. The van der Waals surface area contributed by atoms with Crippen LogP contribution in [0.2, 0.25) is 0 Å². The summed E-state index contributed by atoms with van der Waals surface area (Å²) in [6, 6.07) is 2.19. The molecule has 4 nitrogen and oxygen atoms in total. The van der Waals surface area contributed by atoms with Gasteiger partial charge in [0, 0.05) is 29.7 Å². The number of benzene rings is 1. The van der Waals surface area contributed by atoms with Crippen molar-refractivity contribution in [3.63, 3.8) is 0 Å². The first-order valence-electron chi connectivity index (χ1n) is 5.37. The molecule has 0 amide bonds. The molecule has 3 N–H and O–H groups in total. The topological polar surface area (TPSA) is 68.2 Å². The SMILES string of the molecule is Cn1cc(C(N)C(=O)O)c2c(C(F)(F)F)cccc21. The number of carboxylic acids is 1. The van der Waals surface area contributed by atoms with Crippen LogP contribution >= 0.6 is 0 Å². The molecule has 2 rings (SSSR count). The third-order valence-corrected chi connectivity index (χ3v) is 2.95. The maximum atomic E-state index is 13.0. The van der Waals surface area contributed by atoms with E-state index in [0.29, 0.717) is 5.52 Å². The normalized spacial score (nSPS) is 13.7. The van der Waals surface area contributed by atoms with Crippen LogP contribution in [-0.2, 0) is 18.0 Å². The minimum Gasteiger partial charge on any atom is -0.480 e. The highest BCUT2D eigenvalue weighted by Crippen LogP contribution is 2.38. The van der Waals surface area contributed by atoms with Crippen LogP contribution in [-0.4, -0.2) is 15.6 Å². The highest BCUT2D eigenvalue weighted by atomic mass is 19.4. The van der Waals surface area contributed by atoms with Crippen molar-refractivity contribution in [2.75, 3.05) is 0 Å². The molecule has 0 aliphatic heterocycles. The van der Waals surface area contributed by atoms with Gasteiger partial charge in [0.05, 0.1) is 5.56 Å². The van der Waals surface area contributed by atoms with E-state index in [2.05, 4.69) is 0 Å². The van der Waals surface area contributed by atoms with Gasteiger partial charge in [0.1, 0.15) is 6.04 Å². The second-order valence-corrected chi connectivity index (χ2v) is 4.21. The van der Waals surface area contributed by atoms with Gasteiger partial charge in [-0.3, -0.25) is 4.79 Å². The maximum absolute atomic E-state index is 13.0. The second kappa shape index (κ2) is 4.27. The quantitative estimate of drug-likeness (QED) is 0.881. The molecule has 0 aliphatic rings. The zero-order valence-corrected chi connectivity index (χ0v) is 9.90. The Morgan fingerprint density at radius 1 is 1.42 bits per heavy atom. The average molecular weight is 272 g/mol. The van der Waals surface area contributed by atoms with Gasteiger partial charge in [0.15, 0.2) is 0 Å². The van der Waals surface area contributed by atoms with E-state index in [4.69, 9.17) is 10.8 Å². The Kier molecular flexibility index (Phi) is 3.01. The van der Waals surface area contributed by atoms with Gasteiger partial charge in [-0.25, -0.2) is 0 Å². The molecule has 7 heteroatoms. The Bertz CT molecular complexity index is 646. The lowest BCUT2D eigenvalue weighted by molar-refractivity contribution is -0.139. The summed E-state index contributed by atoms with van der Waals surface area (Å²) in [6.45, 7) is 0. The third kappa shape index (κ3) is 2.17. The molecule has 1 aromatic heterocycles. The lowest BCUT2D eigenvalue weighted by Gasteiger charge is -2.11. The lowest BCUT2D eigenvalue weighted by Crippen LogP contribution is -2.21. The van der Waals surface area contributed by atoms with Crippen LogP contribution in [0.3, 0.4) is 0 Å². The van der Waals surface area contributed by atoms with Gasteiger partial charge in [0.25, 0.3) is 0 Å². The minimum atomic E-state index is -4.56. The lowest BCUT2D eigenvalue weighted by atomic mass is 10.0. The van der Waals surface area contributed by atoms with Crippen LogP contribution in [0.1, 0.15) is 17.2 Å². The molecule has 0 bridgehead atoms. The first kappa shape index (κ1) is 13.4. The van der Waals surface area contributed by atoms with Gasteiger partial charge in [-0.05, 0) is 12.1 Å². The van der Waals surface area contributed by atoms with Crippen molar-refractivity contribution >= 4 is 16.9 Å². The molecule has 1 heterocycles.